The smallest absolute Gasteiger partial charge is 0.309 e. The minimum atomic E-state index is -0.161. The van der Waals surface area contributed by atoms with Crippen LogP contribution in [0.5, 0.6) is 5.88 Å². The van der Waals surface area contributed by atoms with E-state index in [4.69, 9.17) is 21.1 Å². The Morgan fingerprint density at radius 2 is 2.17 bits per heavy atom. The molecule has 2 aromatic heterocycles. The van der Waals surface area contributed by atoms with Gasteiger partial charge in [0.05, 0.1) is 49.0 Å². The van der Waals surface area contributed by atoms with Gasteiger partial charge in [0.25, 0.3) is 5.88 Å². The van der Waals surface area contributed by atoms with Crippen LogP contribution in [0.3, 0.4) is 0 Å². The first-order chi connectivity index (χ1) is 13.9. The molecule has 9 heteroatoms. The number of nitrogens with zero attached hydrogens (tertiary/aromatic N) is 4. The van der Waals surface area contributed by atoms with Gasteiger partial charge >= 0.3 is 5.97 Å². The zero-order valence-corrected chi connectivity index (χ0v) is 17.7. The zero-order chi connectivity index (χ0) is 21.0. The van der Waals surface area contributed by atoms with Gasteiger partial charge < -0.3 is 14.6 Å². The monoisotopic (exact) mass is 422 g/mol. The number of aliphatic hydroxyl groups is 1. The summed E-state index contributed by atoms with van der Waals surface area (Å²) in [6.07, 6.45) is 6.63. The van der Waals surface area contributed by atoms with Gasteiger partial charge in [-0.25, -0.2) is 9.97 Å². The molecule has 1 saturated carbocycles. The molecule has 1 aliphatic carbocycles. The molecule has 0 saturated heterocycles. The zero-order valence-electron chi connectivity index (χ0n) is 17.0. The summed E-state index contributed by atoms with van der Waals surface area (Å²) < 4.78 is 12.7. The van der Waals surface area contributed by atoms with Crippen LogP contribution in [-0.4, -0.2) is 43.5 Å². The largest absolute Gasteiger partial charge is 0.475 e. The molecule has 1 aliphatic rings. The second kappa shape index (κ2) is 9.54. The quantitative estimate of drug-likeness (QED) is 0.684. The lowest BCUT2D eigenvalue weighted by Gasteiger charge is -2.28. The highest BCUT2D eigenvalue weighted by Crippen LogP contribution is 2.32. The number of aryl methyl sites for hydroxylation is 1. The number of esters is 1. The molecule has 2 atom stereocenters. The first-order valence-corrected chi connectivity index (χ1v) is 10.2. The first-order valence-electron chi connectivity index (χ1n) is 9.87. The molecule has 0 aliphatic heterocycles. The number of hydrogen-bond acceptors (Lipinski definition) is 7. The van der Waals surface area contributed by atoms with E-state index in [0.717, 1.165) is 25.7 Å². The summed E-state index contributed by atoms with van der Waals surface area (Å²) >= 11 is 6.27. The molecule has 0 radical (unpaired) electrons. The van der Waals surface area contributed by atoms with Crippen LogP contribution in [0.2, 0.25) is 5.15 Å². The van der Waals surface area contributed by atoms with Gasteiger partial charge in [-0.1, -0.05) is 18.0 Å². The third-order valence-corrected chi connectivity index (χ3v) is 5.36. The van der Waals surface area contributed by atoms with Crippen LogP contribution >= 0.6 is 11.6 Å². The lowest BCUT2D eigenvalue weighted by molar-refractivity contribution is -0.154. The molecule has 0 amide bonds. The summed E-state index contributed by atoms with van der Waals surface area (Å²) in [5, 5.41) is 13.8. The average Bonchev–Trinajstić information content (AvgIpc) is 3.07. The van der Waals surface area contributed by atoms with E-state index in [1.165, 1.54) is 0 Å². The van der Waals surface area contributed by atoms with E-state index in [9.17, 15) is 9.90 Å². The Balaban J connectivity index is 1.61. The van der Waals surface area contributed by atoms with Crippen molar-refractivity contribution in [2.45, 2.75) is 52.2 Å². The van der Waals surface area contributed by atoms with Crippen LogP contribution in [-0.2, 0) is 23.2 Å². The van der Waals surface area contributed by atoms with E-state index >= 15 is 0 Å². The Hall–Kier alpha value is -2.19. The van der Waals surface area contributed by atoms with Crippen molar-refractivity contribution >= 4 is 17.6 Å². The standard InChI is InChI=1S/C20H27ClN4O4/c1-12(2)29-20(27)14-6-4-5-13(7-14)11-28-19-18(21)24-16(9-22-19)15-8-23-25(3)17(15)10-26/h8-9,12-14,26H,4-7,10-11H2,1-3H3/t13?,14-/m0/s1. The molecular formula is C20H27ClN4O4. The molecule has 1 unspecified atom stereocenters. The number of halogens is 1. The molecule has 8 nitrogen and oxygen atoms in total. The molecule has 2 aromatic rings. The predicted octanol–water partition coefficient (Wildman–Crippen LogP) is 3.16. The van der Waals surface area contributed by atoms with Crippen molar-refractivity contribution in [2.24, 2.45) is 18.9 Å². The van der Waals surface area contributed by atoms with Gasteiger partial charge in [0.1, 0.15) is 0 Å². The third kappa shape index (κ3) is 5.25. The van der Waals surface area contributed by atoms with E-state index in [2.05, 4.69) is 15.1 Å². The molecule has 0 spiro atoms. The van der Waals surface area contributed by atoms with Gasteiger partial charge in [0.15, 0.2) is 5.15 Å². The molecule has 3 rings (SSSR count). The molecule has 0 aromatic carbocycles. The topological polar surface area (TPSA) is 99.4 Å². The number of aromatic nitrogens is 4. The number of aliphatic hydroxyl groups excluding tert-OH is 1. The maximum Gasteiger partial charge on any atom is 0.309 e. The average molecular weight is 423 g/mol. The molecule has 1 fully saturated rings. The lowest BCUT2D eigenvalue weighted by atomic mass is 9.82. The second-order valence-corrected chi connectivity index (χ2v) is 8.02. The second-order valence-electron chi connectivity index (χ2n) is 7.66. The summed E-state index contributed by atoms with van der Waals surface area (Å²) in [5.74, 6) is 0.302. The van der Waals surface area contributed by atoms with Gasteiger partial charge in [0, 0.05) is 12.6 Å². The van der Waals surface area contributed by atoms with Crippen molar-refractivity contribution < 1.29 is 19.4 Å². The van der Waals surface area contributed by atoms with Crippen molar-refractivity contribution in [3.05, 3.63) is 23.2 Å². The van der Waals surface area contributed by atoms with Crippen molar-refractivity contribution in [1.29, 1.82) is 0 Å². The molecular weight excluding hydrogens is 396 g/mol. The van der Waals surface area contributed by atoms with Gasteiger partial charge in [-0.15, -0.1) is 0 Å². The number of hydrogen-bond donors (Lipinski definition) is 1. The fraction of sp³-hybridized carbons (Fsp3) is 0.600. The SMILES string of the molecule is CC(C)OC(=O)[C@H]1CCCC(COc2ncc(-c3cnn(C)c3CO)nc2Cl)C1. The summed E-state index contributed by atoms with van der Waals surface area (Å²) in [6.45, 7) is 3.99. The molecule has 0 bridgehead atoms. The maximum atomic E-state index is 12.2. The maximum absolute atomic E-state index is 12.2. The van der Waals surface area contributed by atoms with Crippen molar-refractivity contribution in [3.63, 3.8) is 0 Å². The van der Waals surface area contributed by atoms with Gasteiger partial charge in [0.2, 0.25) is 0 Å². The third-order valence-electron chi connectivity index (χ3n) is 5.11. The lowest BCUT2D eigenvalue weighted by Crippen LogP contribution is -2.29. The highest BCUT2D eigenvalue weighted by molar-refractivity contribution is 6.30. The van der Waals surface area contributed by atoms with E-state index in [1.807, 2.05) is 13.8 Å². The van der Waals surface area contributed by atoms with Gasteiger partial charge in [-0.3, -0.25) is 9.48 Å². The Kier molecular flexibility index (Phi) is 7.08. The van der Waals surface area contributed by atoms with Crippen molar-refractivity contribution in [2.75, 3.05) is 6.61 Å². The minimum Gasteiger partial charge on any atom is -0.475 e. The van der Waals surface area contributed by atoms with Crippen LogP contribution in [0.4, 0.5) is 0 Å². The van der Waals surface area contributed by atoms with Gasteiger partial charge in [-0.05, 0) is 39.0 Å². The summed E-state index contributed by atoms with van der Waals surface area (Å²) in [5.41, 5.74) is 1.83. The predicted molar refractivity (Wildman–Crippen MR) is 107 cm³/mol. The summed E-state index contributed by atoms with van der Waals surface area (Å²) in [4.78, 5) is 20.8. The van der Waals surface area contributed by atoms with Crippen LogP contribution < -0.4 is 4.74 Å². The number of ether oxygens (including phenoxy) is 2. The Morgan fingerprint density at radius 3 is 2.86 bits per heavy atom. The summed E-state index contributed by atoms with van der Waals surface area (Å²) in [7, 11) is 1.75. The fourth-order valence-corrected chi connectivity index (χ4v) is 3.82. The Labute approximate surface area is 175 Å². The van der Waals surface area contributed by atoms with E-state index < -0.39 is 0 Å². The molecule has 1 N–H and O–H groups in total. The highest BCUT2D eigenvalue weighted by Gasteiger charge is 2.29. The van der Waals surface area contributed by atoms with Crippen LogP contribution in [0, 0.1) is 11.8 Å². The Morgan fingerprint density at radius 1 is 1.38 bits per heavy atom. The van der Waals surface area contributed by atoms with Crippen LogP contribution in [0.1, 0.15) is 45.2 Å². The van der Waals surface area contributed by atoms with Crippen molar-refractivity contribution in [1.82, 2.24) is 19.7 Å². The molecule has 29 heavy (non-hydrogen) atoms. The number of rotatable bonds is 7. The van der Waals surface area contributed by atoms with Crippen molar-refractivity contribution in [3.8, 4) is 17.1 Å². The molecule has 158 valence electrons. The normalized spacial score (nSPS) is 19.4. The van der Waals surface area contributed by atoms with E-state index in [-0.39, 0.29) is 41.5 Å². The Bertz CT molecular complexity index is 855. The fourth-order valence-electron chi connectivity index (χ4n) is 3.63. The highest BCUT2D eigenvalue weighted by atomic mass is 35.5. The van der Waals surface area contributed by atoms with Gasteiger partial charge in [-0.2, -0.15) is 5.10 Å². The number of carbonyl (C=O) groups is 1. The van der Waals surface area contributed by atoms with Crippen LogP contribution in [0.25, 0.3) is 11.3 Å². The van der Waals surface area contributed by atoms with E-state index in [0.29, 0.717) is 23.6 Å². The first kappa shape index (κ1) is 21.5. The summed E-state index contributed by atoms with van der Waals surface area (Å²) in [6, 6.07) is 0. The van der Waals surface area contributed by atoms with E-state index in [1.54, 1.807) is 24.1 Å². The number of carbonyl (C=O) groups excluding carboxylic acids is 1. The minimum absolute atomic E-state index is 0.0776. The van der Waals surface area contributed by atoms with Crippen LogP contribution in [0.15, 0.2) is 12.4 Å². The molecule has 2 heterocycles.